The molecule has 142 valence electrons. The van der Waals surface area contributed by atoms with Crippen LogP contribution in [-0.2, 0) is 18.3 Å². The Morgan fingerprint density at radius 1 is 1.07 bits per heavy atom. The SMILES string of the molecule is CC(C)[C@](C#N)(CCCN(C)[C@@H]1CCc2ccccc2C1)c1ccccc1. The Balaban J connectivity index is 1.62. The van der Waals surface area contributed by atoms with E-state index in [0.717, 1.165) is 31.4 Å². The standard InChI is InChI=1S/C25H32N2/c1-20(2)25(19-26,23-12-5-4-6-13-23)16-9-17-27(3)24-15-14-21-10-7-8-11-22(21)18-24/h4-8,10-13,20,24H,9,14-18H2,1-3H3/t24-,25-/m1/s1. The van der Waals surface area contributed by atoms with E-state index in [1.165, 1.54) is 24.0 Å². The van der Waals surface area contributed by atoms with Crippen molar-refractivity contribution in [3.63, 3.8) is 0 Å². The van der Waals surface area contributed by atoms with Gasteiger partial charge in [0.1, 0.15) is 0 Å². The molecule has 2 atom stereocenters. The highest BCUT2D eigenvalue weighted by Crippen LogP contribution is 2.36. The summed E-state index contributed by atoms with van der Waals surface area (Å²) in [4.78, 5) is 2.52. The van der Waals surface area contributed by atoms with Gasteiger partial charge in [-0.2, -0.15) is 5.26 Å². The Morgan fingerprint density at radius 3 is 2.41 bits per heavy atom. The van der Waals surface area contributed by atoms with Gasteiger partial charge in [-0.25, -0.2) is 0 Å². The summed E-state index contributed by atoms with van der Waals surface area (Å²) in [5.41, 5.74) is 3.81. The Hall–Kier alpha value is -2.11. The van der Waals surface area contributed by atoms with Crippen LogP contribution in [0.15, 0.2) is 54.6 Å². The van der Waals surface area contributed by atoms with Gasteiger partial charge in [0.05, 0.1) is 11.5 Å². The number of hydrogen-bond donors (Lipinski definition) is 0. The van der Waals surface area contributed by atoms with Gasteiger partial charge >= 0.3 is 0 Å². The number of nitrogens with zero attached hydrogens (tertiary/aromatic N) is 2. The van der Waals surface area contributed by atoms with Crippen LogP contribution in [0.2, 0.25) is 0 Å². The fraction of sp³-hybridized carbons (Fsp3) is 0.480. The fourth-order valence-electron chi connectivity index (χ4n) is 4.60. The number of benzene rings is 2. The molecular weight excluding hydrogens is 328 g/mol. The van der Waals surface area contributed by atoms with Crippen molar-refractivity contribution in [2.75, 3.05) is 13.6 Å². The molecule has 2 aromatic carbocycles. The maximum absolute atomic E-state index is 10.1. The average molecular weight is 361 g/mol. The summed E-state index contributed by atoms with van der Waals surface area (Å²) in [5, 5.41) is 10.1. The second-order valence-corrected chi connectivity index (χ2v) is 8.35. The van der Waals surface area contributed by atoms with Gasteiger partial charge in [0.15, 0.2) is 0 Å². The molecule has 0 heterocycles. The second-order valence-electron chi connectivity index (χ2n) is 8.35. The summed E-state index contributed by atoms with van der Waals surface area (Å²) in [6.45, 7) is 5.41. The summed E-state index contributed by atoms with van der Waals surface area (Å²) in [6.07, 6.45) is 5.54. The van der Waals surface area contributed by atoms with E-state index in [2.05, 4.69) is 80.4 Å². The zero-order valence-corrected chi connectivity index (χ0v) is 17.0. The van der Waals surface area contributed by atoms with Crippen LogP contribution in [0.25, 0.3) is 0 Å². The van der Waals surface area contributed by atoms with Crippen LogP contribution < -0.4 is 0 Å². The topological polar surface area (TPSA) is 27.0 Å². The van der Waals surface area contributed by atoms with Gasteiger partial charge in [0.2, 0.25) is 0 Å². The van der Waals surface area contributed by atoms with Gasteiger partial charge in [-0.15, -0.1) is 0 Å². The summed E-state index contributed by atoms with van der Waals surface area (Å²) in [5.74, 6) is 0.303. The zero-order chi connectivity index (χ0) is 19.3. The molecule has 0 unspecified atom stereocenters. The number of likely N-dealkylation sites (N-methyl/N-ethyl adjacent to an activating group) is 1. The van der Waals surface area contributed by atoms with Crippen molar-refractivity contribution in [1.29, 1.82) is 5.26 Å². The quantitative estimate of drug-likeness (QED) is 0.663. The largest absolute Gasteiger partial charge is 0.303 e. The zero-order valence-electron chi connectivity index (χ0n) is 17.0. The molecule has 0 saturated carbocycles. The molecule has 2 aromatic rings. The lowest BCUT2D eigenvalue weighted by molar-refractivity contribution is 0.209. The van der Waals surface area contributed by atoms with E-state index in [9.17, 15) is 5.26 Å². The van der Waals surface area contributed by atoms with E-state index in [4.69, 9.17) is 0 Å². The van der Waals surface area contributed by atoms with E-state index in [1.807, 2.05) is 6.07 Å². The smallest absolute Gasteiger partial charge is 0.0845 e. The van der Waals surface area contributed by atoms with E-state index in [0.29, 0.717) is 12.0 Å². The van der Waals surface area contributed by atoms with Gasteiger partial charge in [-0.05, 0) is 68.3 Å². The lowest BCUT2D eigenvalue weighted by Gasteiger charge is -2.35. The summed E-state index contributed by atoms with van der Waals surface area (Å²) in [7, 11) is 2.25. The number of nitriles is 1. The summed E-state index contributed by atoms with van der Waals surface area (Å²) < 4.78 is 0. The van der Waals surface area contributed by atoms with Crippen LogP contribution >= 0.6 is 0 Å². The molecule has 0 amide bonds. The normalized spacial score (nSPS) is 18.7. The first-order valence-corrected chi connectivity index (χ1v) is 10.3. The molecule has 27 heavy (non-hydrogen) atoms. The first-order valence-electron chi connectivity index (χ1n) is 10.3. The molecule has 2 heteroatoms. The molecule has 0 radical (unpaired) electrons. The third kappa shape index (κ3) is 4.25. The van der Waals surface area contributed by atoms with Crippen LogP contribution in [0.4, 0.5) is 0 Å². The molecule has 0 saturated heterocycles. The van der Waals surface area contributed by atoms with Gasteiger partial charge in [0, 0.05) is 6.04 Å². The van der Waals surface area contributed by atoms with E-state index in [1.54, 1.807) is 0 Å². The molecule has 2 nitrogen and oxygen atoms in total. The van der Waals surface area contributed by atoms with E-state index >= 15 is 0 Å². The number of rotatable bonds is 7. The minimum absolute atomic E-state index is 0.303. The van der Waals surface area contributed by atoms with Gasteiger partial charge in [-0.3, -0.25) is 0 Å². The molecule has 0 spiro atoms. The highest BCUT2D eigenvalue weighted by atomic mass is 15.1. The molecule has 1 aliphatic rings. The second kappa shape index (κ2) is 8.72. The van der Waals surface area contributed by atoms with Gasteiger partial charge < -0.3 is 4.90 Å². The van der Waals surface area contributed by atoms with Crippen LogP contribution in [0, 0.1) is 17.2 Å². The number of hydrogen-bond acceptors (Lipinski definition) is 2. The molecule has 0 aliphatic heterocycles. The van der Waals surface area contributed by atoms with Crippen molar-refractivity contribution in [2.45, 2.75) is 57.4 Å². The third-order valence-electron chi connectivity index (χ3n) is 6.50. The average Bonchev–Trinajstić information content (AvgIpc) is 2.71. The van der Waals surface area contributed by atoms with Crippen molar-refractivity contribution >= 4 is 0 Å². The predicted molar refractivity (Wildman–Crippen MR) is 113 cm³/mol. The highest BCUT2D eigenvalue weighted by Gasteiger charge is 2.35. The number of fused-ring (bicyclic) bond motifs is 1. The Kier molecular flexibility index (Phi) is 6.34. The Morgan fingerprint density at radius 2 is 1.74 bits per heavy atom. The van der Waals surface area contributed by atoms with Crippen LogP contribution in [0.1, 0.15) is 49.8 Å². The van der Waals surface area contributed by atoms with Gasteiger partial charge in [-0.1, -0.05) is 68.4 Å². The lowest BCUT2D eigenvalue weighted by atomic mass is 9.70. The van der Waals surface area contributed by atoms with Crippen molar-refractivity contribution in [3.8, 4) is 6.07 Å². The molecule has 0 bridgehead atoms. The molecule has 0 N–H and O–H groups in total. The summed E-state index contributed by atoms with van der Waals surface area (Å²) in [6, 6.07) is 22.5. The van der Waals surface area contributed by atoms with Crippen LogP contribution in [0.5, 0.6) is 0 Å². The molecule has 0 aromatic heterocycles. The molecule has 1 aliphatic carbocycles. The Bertz CT molecular complexity index is 774. The van der Waals surface area contributed by atoms with E-state index in [-0.39, 0.29) is 5.41 Å². The molecular formula is C25H32N2. The molecule has 0 fully saturated rings. The summed E-state index contributed by atoms with van der Waals surface area (Å²) >= 11 is 0. The maximum Gasteiger partial charge on any atom is 0.0845 e. The van der Waals surface area contributed by atoms with Gasteiger partial charge in [0.25, 0.3) is 0 Å². The first kappa shape index (κ1) is 19.6. The van der Waals surface area contributed by atoms with Crippen molar-refractivity contribution in [1.82, 2.24) is 4.90 Å². The predicted octanol–water partition coefficient (Wildman–Crippen LogP) is 5.37. The van der Waals surface area contributed by atoms with Crippen molar-refractivity contribution < 1.29 is 0 Å². The number of aryl methyl sites for hydroxylation is 1. The van der Waals surface area contributed by atoms with Crippen LogP contribution in [0.3, 0.4) is 0 Å². The van der Waals surface area contributed by atoms with E-state index < -0.39 is 0 Å². The lowest BCUT2D eigenvalue weighted by Crippen LogP contribution is -2.38. The first-order chi connectivity index (χ1) is 13.1. The maximum atomic E-state index is 10.1. The highest BCUT2D eigenvalue weighted by molar-refractivity contribution is 5.33. The van der Waals surface area contributed by atoms with Crippen LogP contribution in [-0.4, -0.2) is 24.5 Å². The Labute approximate surface area is 164 Å². The molecule has 3 rings (SSSR count). The monoisotopic (exact) mass is 360 g/mol. The third-order valence-corrected chi connectivity index (χ3v) is 6.50. The van der Waals surface area contributed by atoms with Crippen molar-refractivity contribution in [3.05, 3.63) is 71.3 Å². The minimum Gasteiger partial charge on any atom is -0.303 e. The minimum atomic E-state index is -0.388. The fourth-order valence-corrected chi connectivity index (χ4v) is 4.60. The van der Waals surface area contributed by atoms with Crippen molar-refractivity contribution in [2.24, 2.45) is 5.92 Å².